The van der Waals surface area contributed by atoms with Gasteiger partial charge < -0.3 is 15.3 Å². The number of rotatable bonds is 7. The van der Waals surface area contributed by atoms with E-state index in [1.54, 1.807) is 30.1 Å². The van der Waals surface area contributed by atoms with Gasteiger partial charge in [-0.2, -0.15) is 0 Å². The standard InChI is InChI=1S/C13H22N4O2S2/c1-14-13(10(18)19)7-4-5-9(13)6-8-20-12-16-15-11(21-12)17(2)3/h9,14H,4-8H2,1-3H3,(H,18,19). The van der Waals surface area contributed by atoms with Crippen molar-refractivity contribution in [2.24, 2.45) is 5.92 Å². The highest BCUT2D eigenvalue weighted by Crippen LogP contribution is 2.39. The molecular formula is C13H22N4O2S2. The van der Waals surface area contributed by atoms with Crippen molar-refractivity contribution in [1.29, 1.82) is 0 Å². The summed E-state index contributed by atoms with van der Waals surface area (Å²) in [6, 6.07) is 0. The topological polar surface area (TPSA) is 78.3 Å². The number of hydrogen-bond donors (Lipinski definition) is 2. The molecule has 2 unspecified atom stereocenters. The zero-order valence-corrected chi connectivity index (χ0v) is 14.3. The number of carboxylic acids is 1. The smallest absolute Gasteiger partial charge is 0.324 e. The van der Waals surface area contributed by atoms with Crippen LogP contribution in [0.1, 0.15) is 25.7 Å². The molecule has 2 N–H and O–H groups in total. The molecule has 0 amide bonds. The first-order valence-corrected chi connectivity index (χ1v) is 8.85. The zero-order chi connectivity index (χ0) is 15.5. The van der Waals surface area contributed by atoms with Crippen molar-refractivity contribution in [1.82, 2.24) is 15.5 Å². The minimum atomic E-state index is -0.740. The molecule has 0 aliphatic heterocycles. The van der Waals surface area contributed by atoms with Crippen LogP contribution in [0.4, 0.5) is 5.13 Å². The van der Waals surface area contributed by atoms with E-state index in [-0.39, 0.29) is 5.92 Å². The van der Waals surface area contributed by atoms with Crippen LogP contribution in [0.15, 0.2) is 4.34 Å². The Morgan fingerprint density at radius 2 is 2.33 bits per heavy atom. The molecule has 8 heteroatoms. The van der Waals surface area contributed by atoms with Gasteiger partial charge in [-0.3, -0.25) is 4.79 Å². The number of nitrogens with one attached hydrogen (secondary N) is 1. The lowest BCUT2D eigenvalue weighted by molar-refractivity contribution is -0.146. The molecule has 6 nitrogen and oxygen atoms in total. The van der Waals surface area contributed by atoms with Gasteiger partial charge in [0.15, 0.2) is 4.34 Å². The Kier molecular flexibility index (Phi) is 5.45. The third-order valence-electron chi connectivity index (χ3n) is 4.12. The van der Waals surface area contributed by atoms with Crippen molar-refractivity contribution < 1.29 is 9.90 Å². The average Bonchev–Trinajstić information content (AvgIpc) is 3.06. The molecule has 0 saturated heterocycles. The van der Waals surface area contributed by atoms with Crippen LogP contribution in [0, 0.1) is 5.92 Å². The van der Waals surface area contributed by atoms with Gasteiger partial charge in [0.1, 0.15) is 5.54 Å². The van der Waals surface area contributed by atoms with Crippen LogP contribution < -0.4 is 10.2 Å². The van der Waals surface area contributed by atoms with E-state index in [2.05, 4.69) is 15.5 Å². The second-order valence-corrected chi connectivity index (χ2v) is 7.80. The molecule has 1 fully saturated rings. The van der Waals surface area contributed by atoms with Crippen LogP contribution in [-0.4, -0.2) is 53.7 Å². The molecule has 1 heterocycles. The molecule has 0 aromatic carbocycles. The molecule has 1 aliphatic rings. The van der Waals surface area contributed by atoms with E-state index in [1.807, 2.05) is 19.0 Å². The monoisotopic (exact) mass is 330 g/mol. The zero-order valence-electron chi connectivity index (χ0n) is 12.6. The van der Waals surface area contributed by atoms with Crippen LogP contribution in [0.2, 0.25) is 0 Å². The van der Waals surface area contributed by atoms with Crippen molar-refractivity contribution >= 4 is 34.2 Å². The lowest BCUT2D eigenvalue weighted by Gasteiger charge is -2.30. The number of aromatic nitrogens is 2. The molecule has 0 bridgehead atoms. The molecule has 0 spiro atoms. The third kappa shape index (κ3) is 3.49. The van der Waals surface area contributed by atoms with Crippen LogP contribution in [-0.2, 0) is 4.79 Å². The number of anilines is 1. The highest BCUT2D eigenvalue weighted by atomic mass is 32.2. The lowest BCUT2D eigenvalue weighted by atomic mass is 9.85. The Morgan fingerprint density at radius 1 is 1.57 bits per heavy atom. The fourth-order valence-corrected chi connectivity index (χ4v) is 4.80. The van der Waals surface area contributed by atoms with Crippen molar-refractivity contribution in [3.63, 3.8) is 0 Å². The number of likely N-dealkylation sites (N-methyl/N-ethyl adjacent to an activating group) is 1. The third-order valence-corrected chi connectivity index (χ3v) is 6.38. The largest absolute Gasteiger partial charge is 0.480 e. The lowest BCUT2D eigenvalue weighted by Crippen LogP contribution is -2.53. The number of nitrogens with zero attached hydrogens (tertiary/aromatic N) is 3. The van der Waals surface area contributed by atoms with E-state index in [4.69, 9.17) is 0 Å². The predicted octanol–water partition coefficient (Wildman–Crippen LogP) is 1.93. The Balaban J connectivity index is 1.89. The maximum Gasteiger partial charge on any atom is 0.324 e. The molecule has 21 heavy (non-hydrogen) atoms. The minimum Gasteiger partial charge on any atom is -0.480 e. The summed E-state index contributed by atoms with van der Waals surface area (Å²) in [6.45, 7) is 0. The van der Waals surface area contributed by atoms with Crippen LogP contribution in [0.25, 0.3) is 0 Å². The van der Waals surface area contributed by atoms with E-state index in [9.17, 15) is 9.90 Å². The SMILES string of the molecule is CNC1(C(=O)O)CCCC1CCSc1nnc(N(C)C)s1. The Hall–Kier alpha value is -0.860. The summed E-state index contributed by atoms with van der Waals surface area (Å²) in [5.41, 5.74) is -0.740. The second-order valence-electron chi connectivity index (χ2n) is 5.50. The van der Waals surface area contributed by atoms with Gasteiger partial charge in [0, 0.05) is 19.8 Å². The summed E-state index contributed by atoms with van der Waals surface area (Å²) in [5, 5.41) is 21.7. The Labute approximate surface area is 133 Å². The van der Waals surface area contributed by atoms with E-state index < -0.39 is 11.5 Å². The normalized spacial score (nSPS) is 25.2. The van der Waals surface area contributed by atoms with Gasteiger partial charge >= 0.3 is 5.97 Å². The Bertz CT molecular complexity index is 494. The van der Waals surface area contributed by atoms with E-state index in [0.29, 0.717) is 0 Å². The summed E-state index contributed by atoms with van der Waals surface area (Å²) in [4.78, 5) is 13.5. The van der Waals surface area contributed by atoms with Gasteiger partial charge in [-0.05, 0) is 32.2 Å². The average molecular weight is 330 g/mol. The summed E-state index contributed by atoms with van der Waals surface area (Å²) >= 11 is 3.24. The van der Waals surface area contributed by atoms with Gasteiger partial charge in [-0.25, -0.2) is 0 Å². The maximum atomic E-state index is 11.6. The second kappa shape index (κ2) is 6.93. The van der Waals surface area contributed by atoms with Crippen molar-refractivity contribution in [2.75, 3.05) is 31.8 Å². The molecular weight excluding hydrogens is 308 g/mol. The number of carbonyl (C=O) groups is 1. The van der Waals surface area contributed by atoms with E-state index in [0.717, 1.165) is 40.9 Å². The maximum absolute atomic E-state index is 11.6. The molecule has 0 radical (unpaired) electrons. The van der Waals surface area contributed by atoms with Crippen LogP contribution in [0.3, 0.4) is 0 Å². The van der Waals surface area contributed by atoms with Crippen molar-refractivity contribution in [3.8, 4) is 0 Å². The van der Waals surface area contributed by atoms with Crippen LogP contribution in [0.5, 0.6) is 0 Å². The molecule has 1 aromatic rings. The number of aliphatic carboxylic acids is 1. The molecule has 1 saturated carbocycles. The first-order valence-electron chi connectivity index (χ1n) is 7.05. The summed E-state index contributed by atoms with van der Waals surface area (Å²) in [7, 11) is 5.65. The quantitative estimate of drug-likeness (QED) is 0.740. The summed E-state index contributed by atoms with van der Waals surface area (Å²) in [6.07, 6.45) is 3.56. The number of hydrogen-bond acceptors (Lipinski definition) is 7. The van der Waals surface area contributed by atoms with Crippen molar-refractivity contribution in [2.45, 2.75) is 35.6 Å². The first kappa shape index (κ1) is 16.5. The van der Waals surface area contributed by atoms with Crippen molar-refractivity contribution in [3.05, 3.63) is 0 Å². The van der Waals surface area contributed by atoms with Crippen LogP contribution >= 0.6 is 23.1 Å². The predicted molar refractivity (Wildman–Crippen MR) is 86.3 cm³/mol. The van der Waals surface area contributed by atoms with E-state index >= 15 is 0 Å². The minimum absolute atomic E-state index is 0.189. The first-order chi connectivity index (χ1) is 9.99. The molecule has 2 rings (SSSR count). The number of carboxylic acid groups (broad SMARTS) is 1. The molecule has 1 aliphatic carbocycles. The van der Waals surface area contributed by atoms with Gasteiger partial charge in [-0.1, -0.05) is 29.5 Å². The van der Waals surface area contributed by atoms with Gasteiger partial charge in [0.05, 0.1) is 0 Å². The molecule has 2 atom stereocenters. The summed E-state index contributed by atoms with van der Waals surface area (Å²) in [5.74, 6) is 0.348. The number of thioether (sulfide) groups is 1. The van der Waals surface area contributed by atoms with Gasteiger partial charge in [-0.15, -0.1) is 10.2 Å². The molecule has 1 aromatic heterocycles. The molecule has 118 valence electrons. The Morgan fingerprint density at radius 3 is 2.90 bits per heavy atom. The highest BCUT2D eigenvalue weighted by molar-refractivity contribution is 8.01. The fraction of sp³-hybridized carbons (Fsp3) is 0.769. The van der Waals surface area contributed by atoms with E-state index in [1.165, 1.54) is 0 Å². The highest BCUT2D eigenvalue weighted by Gasteiger charge is 2.47. The van der Waals surface area contributed by atoms with Gasteiger partial charge in [0.2, 0.25) is 5.13 Å². The fourth-order valence-electron chi connectivity index (χ4n) is 2.92. The summed E-state index contributed by atoms with van der Waals surface area (Å²) < 4.78 is 0.946. The van der Waals surface area contributed by atoms with Gasteiger partial charge in [0.25, 0.3) is 0 Å².